The molecule has 0 N–H and O–H groups in total. The van der Waals surface area contributed by atoms with Crippen molar-refractivity contribution in [3.05, 3.63) is 0 Å². The maximum absolute atomic E-state index is 5.65. The predicted molar refractivity (Wildman–Crippen MR) is 38.8 cm³/mol. The van der Waals surface area contributed by atoms with Crippen LogP contribution in [0.15, 0.2) is 0 Å². The summed E-state index contributed by atoms with van der Waals surface area (Å²) >= 11 is 0. The van der Waals surface area contributed by atoms with Crippen LogP contribution in [0.1, 0.15) is 6.92 Å². The minimum atomic E-state index is -1.36. The van der Waals surface area contributed by atoms with E-state index in [1.807, 2.05) is 6.92 Å². The lowest BCUT2D eigenvalue weighted by molar-refractivity contribution is 0.0730. The van der Waals surface area contributed by atoms with Gasteiger partial charge in [0.05, 0.1) is 0 Å². The third-order valence-corrected chi connectivity index (χ3v) is 2.12. The highest BCUT2D eigenvalue weighted by molar-refractivity contribution is 6.69. The highest BCUT2D eigenvalue weighted by Crippen LogP contribution is 2.30. The highest BCUT2D eigenvalue weighted by atomic mass is 28.4. The van der Waals surface area contributed by atoms with Crippen LogP contribution < -0.4 is 0 Å². The molecule has 3 heteroatoms. The first kappa shape index (κ1) is 7.25. The van der Waals surface area contributed by atoms with Crippen molar-refractivity contribution in [2.45, 2.75) is 32.4 Å². The van der Waals surface area contributed by atoms with Gasteiger partial charge in [-0.25, -0.2) is 0 Å². The second-order valence-corrected chi connectivity index (χ2v) is 8.07. The Morgan fingerprint density at radius 3 is 2.00 bits per heavy atom. The Balaban J connectivity index is 2.33. The van der Waals surface area contributed by atoms with Gasteiger partial charge in [0.25, 0.3) is 0 Å². The topological polar surface area (TPSA) is 21.8 Å². The molecule has 1 saturated heterocycles. The van der Waals surface area contributed by atoms with Gasteiger partial charge < -0.3 is 9.16 Å². The summed E-state index contributed by atoms with van der Waals surface area (Å²) in [5.74, 6) is -0.204. The van der Waals surface area contributed by atoms with Crippen LogP contribution in [0.4, 0.5) is 0 Å². The molecule has 0 aromatic carbocycles. The van der Waals surface area contributed by atoms with Gasteiger partial charge in [0, 0.05) is 0 Å². The molecule has 1 unspecified atom stereocenters. The average molecular weight is 146 g/mol. The molecule has 0 aromatic rings. The Labute approximate surface area is 57.3 Å². The SMILES string of the molecule is CC1(O[Si](C)(C)C)CO1. The van der Waals surface area contributed by atoms with Crippen molar-refractivity contribution in [2.24, 2.45) is 0 Å². The molecule has 54 valence electrons. The average Bonchev–Trinajstić information content (AvgIpc) is 2.12. The molecule has 0 radical (unpaired) electrons. The third-order valence-electron chi connectivity index (χ3n) is 1.07. The Bertz CT molecular complexity index is 109. The summed E-state index contributed by atoms with van der Waals surface area (Å²) in [4.78, 5) is 0. The van der Waals surface area contributed by atoms with Gasteiger partial charge in [-0.1, -0.05) is 0 Å². The predicted octanol–water partition coefficient (Wildman–Crippen LogP) is 1.58. The van der Waals surface area contributed by atoms with E-state index in [1.165, 1.54) is 0 Å². The maximum atomic E-state index is 5.65. The van der Waals surface area contributed by atoms with E-state index in [0.29, 0.717) is 0 Å². The summed E-state index contributed by atoms with van der Waals surface area (Å²) < 4.78 is 10.7. The maximum Gasteiger partial charge on any atom is 0.187 e. The van der Waals surface area contributed by atoms with Crippen LogP contribution in [0.5, 0.6) is 0 Å². The number of hydrogen-bond donors (Lipinski definition) is 0. The first-order chi connectivity index (χ1) is 3.91. The lowest BCUT2D eigenvalue weighted by Crippen LogP contribution is -2.32. The van der Waals surface area contributed by atoms with E-state index in [-0.39, 0.29) is 5.79 Å². The molecule has 0 aliphatic carbocycles. The molecule has 0 saturated carbocycles. The molecule has 9 heavy (non-hydrogen) atoms. The van der Waals surface area contributed by atoms with Crippen molar-refractivity contribution < 1.29 is 9.16 Å². The van der Waals surface area contributed by atoms with Gasteiger partial charge in [-0.2, -0.15) is 0 Å². The van der Waals surface area contributed by atoms with Crippen LogP contribution in [-0.2, 0) is 9.16 Å². The lowest BCUT2D eigenvalue weighted by atomic mass is 10.5. The van der Waals surface area contributed by atoms with Gasteiger partial charge >= 0.3 is 0 Å². The monoisotopic (exact) mass is 146 g/mol. The zero-order valence-corrected chi connectivity index (χ0v) is 7.52. The zero-order chi connectivity index (χ0) is 7.12. The largest absolute Gasteiger partial charge is 0.389 e. The summed E-state index contributed by atoms with van der Waals surface area (Å²) in [6.45, 7) is 9.27. The molecule has 0 spiro atoms. The first-order valence-corrected chi connectivity index (χ1v) is 6.66. The van der Waals surface area contributed by atoms with Crippen molar-refractivity contribution in [1.29, 1.82) is 0 Å². The van der Waals surface area contributed by atoms with E-state index < -0.39 is 8.32 Å². The summed E-state index contributed by atoms with van der Waals surface area (Å²) in [7, 11) is -1.36. The summed E-state index contributed by atoms with van der Waals surface area (Å²) in [5.41, 5.74) is 0. The fraction of sp³-hybridized carbons (Fsp3) is 1.00. The first-order valence-electron chi connectivity index (χ1n) is 3.25. The molecule has 1 aliphatic rings. The van der Waals surface area contributed by atoms with Gasteiger partial charge in [0.2, 0.25) is 0 Å². The summed E-state index contributed by atoms with van der Waals surface area (Å²) in [6, 6.07) is 0. The molecule has 0 aromatic heterocycles. The molecule has 1 atom stereocenters. The molecule has 0 amide bonds. The highest BCUT2D eigenvalue weighted by Gasteiger charge is 2.43. The molecule has 0 bridgehead atoms. The summed E-state index contributed by atoms with van der Waals surface area (Å²) in [6.07, 6.45) is 0. The molecule has 1 rings (SSSR count). The second-order valence-electron chi connectivity index (χ2n) is 3.64. The Hall–Kier alpha value is 0.137. The Morgan fingerprint density at radius 2 is 1.89 bits per heavy atom. The van der Waals surface area contributed by atoms with E-state index in [1.54, 1.807) is 0 Å². The Morgan fingerprint density at radius 1 is 1.44 bits per heavy atom. The number of hydrogen-bond acceptors (Lipinski definition) is 2. The third kappa shape index (κ3) is 2.47. The van der Waals surface area contributed by atoms with Crippen molar-refractivity contribution in [3.8, 4) is 0 Å². The standard InChI is InChI=1S/C6H14O2Si/c1-6(5-7-6)8-9(2,3)4/h5H2,1-4H3. The van der Waals surface area contributed by atoms with E-state index in [9.17, 15) is 0 Å². The minimum Gasteiger partial charge on any atom is -0.389 e. The van der Waals surface area contributed by atoms with Gasteiger partial charge in [0.15, 0.2) is 14.1 Å². The minimum absolute atomic E-state index is 0.204. The van der Waals surface area contributed by atoms with Gasteiger partial charge in [0.1, 0.15) is 6.61 Å². The van der Waals surface area contributed by atoms with E-state index in [2.05, 4.69) is 19.6 Å². The number of ether oxygens (including phenoxy) is 1. The van der Waals surface area contributed by atoms with Crippen LogP contribution in [-0.4, -0.2) is 20.7 Å². The number of rotatable bonds is 2. The fourth-order valence-electron chi connectivity index (χ4n) is 0.808. The second kappa shape index (κ2) is 1.81. The normalized spacial score (nSPS) is 34.7. The van der Waals surface area contributed by atoms with Crippen molar-refractivity contribution in [3.63, 3.8) is 0 Å². The van der Waals surface area contributed by atoms with E-state index in [4.69, 9.17) is 9.16 Å². The van der Waals surface area contributed by atoms with Crippen molar-refractivity contribution in [2.75, 3.05) is 6.61 Å². The fourth-order valence-corrected chi connectivity index (χ4v) is 2.22. The van der Waals surface area contributed by atoms with Gasteiger partial charge in [-0.15, -0.1) is 0 Å². The molecule has 1 fully saturated rings. The van der Waals surface area contributed by atoms with E-state index in [0.717, 1.165) is 6.61 Å². The van der Waals surface area contributed by atoms with Crippen LogP contribution in [0, 0.1) is 0 Å². The molecule has 2 nitrogen and oxygen atoms in total. The number of epoxide rings is 1. The zero-order valence-electron chi connectivity index (χ0n) is 6.52. The quantitative estimate of drug-likeness (QED) is 0.436. The van der Waals surface area contributed by atoms with Crippen molar-refractivity contribution >= 4 is 8.32 Å². The summed E-state index contributed by atoms with van der Waals surface area (Å²) in [5, 5.41) is 0. The van der Waals surface area contributed by atoms with E-state index >= 15 is 0 Å². The van der Waals surface area contributed by atoms with Crippen LogP contribution >= 0.6 is 0 Å². The van der Waals surface area contributed by atoms with Gasteiger partial charge in [-0.3, -0.25) is 0 Å². The molecular formula is C6H14O2Si. The van der Waals surface area contributed by atoms with Crippen LogP contribution in [0.25, 0.3) is 0 Å². The van der Waals surface area contributed by atoms with Crippen LogP contribution in [0.2, 0.25) is 19.6 Å². The van der Waals surface area contributed by atoms with Gasteiger partial charge in [-0.05, 0) is 26.6 Å². The van der Waals surface area contributed by atoms with Crippen molar-refractivity contribution in [1.82, 2.24) is 0 Å². The lowest BCUT2D eigenvalue weighted by Gasteiger charge is -2.19. The van der Waals surface area contributed by atoms with Crippen LogP contribution in [0.3, 0.4) is 0 Å². The Kier molecular flexibility index (Phi) is 1.46. The molecule has 1 aliphatic heterocycles. The molecule has 1 heterocycles. The molecular weight excluding hydrogens is 132 g/mol. The smallest absolute Gasteiger partial charge is 0.187 e.